The molecule has 4 rings (SSSR count). The molecule has 0 spiro atoms. The van der Waals surface area contributed by atoms with E-state index in [1.54, 1.807) is 24.3 Å². The summed E-state index contributed by atoms with van der Waals surface area (Å²) in [5.41, 5.74) is 2.36. The number of allylic oxidation sites excluding steroid dienone is 1. The minimum atomic E-state index is -0.244. The monoisotopic (exact) mass is 352 g/mol. The molecular weight excluding hydrogens is 328 g/mol. The van der Waals surface area contributed by atoms with Crippen LogP contribution in [0.2, 0.25) is 0 Å². The molecule has 0 bridgehead atoms. The van der Waals surface area contributed by atoms with Gasteiger partial charge in [-0.15, -0.1) is 0 Å². The standard InChI is InChI=1S/C21H24N2O3/c24-19(22-13-11-15-6-1-2-7-16(15)14-22)10-5-12-23-20(25)17-8-3-4-9-18(17)21(23)26/h3-4,7-9,15H,1-2,5-6,10-14H2. The highest BCUT2D eigenvalue weighted by atomic mass is 16.2. The molecule has 1 atom stereocenters. The van der Waals surface area contributed by atoms with Crippen molar-refractivity contribution in [3.63, 3.8) is 0 Å². The van der Waals surface area contributed by atoms with Gasteiger partial charge in [-0.3, -0.25) is 19.3 Å². The van der Waals surface area contributed by atoms with Crippen molar-refractivity contribution in [3.8, 4) is 0 Å². The first-order valence-corrected chi connectivity index (χ1v) is 9.57. The van der Waals surface area contributed by atoms with Gasteiger partial charge >= 0.3 is 0 Å². The van der Waals surface area contributed by atoms with Crippen LogP contribution in [-0.2, 0) is 4.79 Å². The zero-order chi connectivity index (χ0) is 18.1. The lowest BCUT2D eigenvalue weighted by Gasteiger charge is -2.36. The normalized spacial score (nSPS) is 22.2. The number of nitrogens with zero attached hydrogens (tertiary/aromatic N) is 2. The maximum Gasteiger partial charge on any atom is 0.261 e. The van der Waals surface area contributed by atoms with Crippen LogP contribution in [0.4, 0.5) is 0 Å². The lowest BCUT2D eigenvalue weighted by atomic mass is 9.82. The number of fused-ring (bicyclic) bond motifs is 2. The predicted octanol–water partition coefficient (Wildman–Crippen LogP) is 3.02. The molecule has 1 aromatic carbocycles. The van der Waals surface area contributed by atoms with Gasteiger partial charge in [0, 0.05) is 26.1 Å². The number of imide groups is 1. The van der Waals surface area contributed by atoms with E-state index in [1.807, 2.05) is 4.90 Å². The van der Waals surface area contributed by atoms with E-state index in [0.717, 1.165) is 25.9 Å². The van der Waals surface area contributed by atoms with Gasteiger partial charge in [-0.05, 0) is 50.2 Å². The first-order valence-electron chi connectivity index (χ1n) is 9.57. The zero-order valence-corrected chi connectivity index (χ0v) is 14.9. The molecule has 1 aliphatic carbocycles. The number of carbonyl (C=O) groups is 3. The molecule has 1 unspecified atom stereocenters. The second-order valence-electron chi connectivity index (χ2n) is 7.42. The van der Waals surface area contributed by atoms with Crippen molar-refractivity contribution >= 4 is 17.7 Å². The molecule has 136 valence electrons. The summed E-state index contributed by atoms with van der Waals surface area (Å²) in [7, 11) is 0. The molecule has 0 radical (unpaired) electrons. The largest absolute Gasteiger partial charge is 0.339 e. The van der Waals surface area contributed by atoms with Crippen molar-refractivity contribution in [2.75, 3.05) is 19.6 Å². The smallest absolute Gasteiger partial charge is 0.261 e. The van der Waals surface area contributed by atoms with Crippen LogP contribution in [0, 0.1) is 5.92 Å². The summed E-state index contributed by atoms with van der Waals surface area (Å²) >= 11 is 0. The van der Waals surface area contributed by atoms with Crippen LogP contribution in [-0.4, -0.2) is 47.2 Å². The van der Waals surface area contributed by atoms with Gasteiger partial charge < -0.3 is 4.90 Å². The molecule has 0 aromatic heterocycles. The highest BCUT2D eigenvalue weighted by Crippen LogP contribution is 2.32. The van der Waals surface area contributed by atoms with E-state index >= 15 is 0 Å². The molecular formula is C21H24N2O3. The molecule has 1 saturated heterocycles. The van der Waals surface area contributed by atoms with E-state index in [9.17, 15) is 14.4 Å². The van der Waals surface area contributed by atoms with Crippen molar-refractivity contribution in [1.82, 2.24) is 9.80 Å². The summed E-state index contributed by atoms with van der Waals surface area (Å²) < 4.78 is 0. The number of hydrogen-bond acceptors (Lipinski definition) is 3. The Morgan fingerprint density at radius 2 is 1.81 bits per heavy atom. The van der Waals surface area contributed by atoms with Gasteiger partial charge in [0.2, 0.25) is 5.91 Å². The molecule has 2 aliphatic heterocycles. The number of amides is 3. The van der Waals surface area contributed by atoms with Gasteiger partial charge in [-0.2, -0.15) is 0 Å². The molecule has 5 heteroatoms. The predicted molar refractivity (Wildman–Crippen MR) is 97.7 cm³/mol. The maximum atomic E-state index is 12.5. The Hall–Kier alpha value is -2.43. The fraction of sp³-hybridized carbons (Fsp3) is 0.476. The summed E-state index contributed by atoms with van der Waals surface area (Å²) in [5, 5.41) is 0. The minimum absolute atomic E-state index is 0.131. The van der Waals surface area contributed by atoms with Crippen molar-refractivity contribution in [2.24, 2.45) is 5.92 Å². The number of benzene rings is 1. The first-order chi connectivity index (χ1) is 12.6. The lowest BCUT2D eigenvalue weighted by molar-refractivity contribution is -0.131. The average Bonchev–Trinajstić information content (AvgIpc) is 2.92. The van der Waals surface area contributed by atoms with E-state index in [-0.39, 0.29) is 17.7 Å². The summed E-state index contributed by atoms with van der Waals surface area (Å²) in [5.74, 6) is 0.315. The molecule has 5 nitrogen and oxygen atoms in total. The number of piperidine rings is 1. The van der Waals surface area contributed by atoms with Crippen LogP contribution in [0.3, 0.4) is 0 Å². The molecule has 3 aliphatic rings. The van der Waals surface area contributed by atoms with Crippen LogP contribution in [0.25, 0.3) is 0 Å². The lowest BCUT2D eigenvalue weighted by Crippen LogP contribution is -2.41. The first kappa shape index (κ1) is 17.0. The number of rotatable bonds is 4. The molecule has 0 saturated carbocycles. The van der Waals surface area contributed by atoms with Crippen LogP contribution in [0.1, 0.15) is 59.2 Å². The molecule has 26 heavy (non-hydrogen) atoms. The Morgan fingerprint density at radius 3 is 2.54 bits per heavy atom. The van der Waals surface area contributed by atoms with Gasteiger partial charge in [-0.1, -0.05) is 23.8 Å². The Kier molecular flexibility index (Phi) is 4.62. The highest BCUT2D eigenvalue weighted by Gasteiger charge is 2.35. The van der Waals surface area contributed by atoms with Crippen molar-refractivity contribution < 1.29 is 14.4 Å². The van der Waals surface area contributed by atoms with Gasteiger partial charge in [0.25, 0.3) is 11.8 Å². The van der Waals surface area contributed by atoms with Gasteiger partial charge in [0.15, 0.2) is 0 Å². The van der Waals surface area contributed by atoms with Crippen molar-refractivity contribution in [3.05, 3.63) is 47.0 Å². The summed E-state index contributed by atoms with van der Waals surface area (Å²) in [4.78, 5) is 40.4. The third-order valence-electron chi connectivity index (χ3n) is 5.81. The Morgan fingerprint density at radius 1 is 1.08 bits per heavy atom. The van der Waals surface area contributed by atoms with E-state index in [1.165, 1.54) is 23.3 Å². The average molecular weight is 352 g/mol. The van der Waals surface area contributed by atoms with Crippen LogP contribution >= 0.6 is 0 Å². The molecule has 1 fully saturated rings. The minimum Gasteiger partial charge on any atom is -0.339 e. The van der Waals surface area contributed by atoms with Gasteiger partial charge in [-0.25, -0.2) is 0 Å². The van der Waals surface area contributed by atoms with E-state index in [4.69, 9.17) is 0 Å². The number of likely N-dealkylation sites (tertiary alicyclic amines) is 1. The summed E-state index contributed by atoms with van der Waals surface area (Å²) in [6.07, 6.45) is 7.93. The fourth-order valence-electron chi connectivity index (χ4n) is 4.34. The fourth-order valence-corrected chi connectivity index (χ4v) is 4.34. The van der Waals surface area contributed by atoms with Crippen molar-refractivity contribution in [2.45, 2.75) is 38.5 Å². The highest BCUT2D eigenvalue weighted by molar-refractivity contribution is 6.21. The summed E-state index contributed by atoms with van der Waals surface area (Å²) in [6.45, 7) is 1.89. The Labute approximate surface area is 153 Å². The quantitative estimate of drug-likeness (QED) is 0.618. The second kappa shape index (κ2) is 7.06. The zero-order valence-electron chi connectivity index (χ0n) is 14.9. The van der Waals surface area contributed by atoms with Crippen LogP contribution < -0.4 is 0 Å². The molecule has 0 N–H and O–H groups in total. The van der Waals surface area contributed by atoms with E-state index in [2.05, 4.69) is 6.08 Å². The second-order valence-corrected chi connectivity index (χ2v) is 7.42. The van der Waals surface area contributed by atoms with Gasteiger partial charge in [0.05, 0.1) is 11.1 Å². The molecule has 1 aromatic rings. The van der Waals surface area contributed by atoms with Crippen LogP contribution in [0.15, 0.2) is 35.9 Å². The van der Waals surface area contributed by atoms with E-state index in [0.29, 0.717) is 36.4 Å². The molecule has 3 amide bonds. The Balaban J connectivity index is 1.30. The van der Waals surface area contributed by atoms with Crippen molar-refractivity contribution in [1.29, 1.82) is 0 Å². The number of hydrogen-bond donors (Lipinski definition) is 0. The topological polar surface area (TPSA) is 57.7 Å². The van der Waals surface area contributed by atoms with Crippen LogP contribution in [0.5, 0.6) is 0 Å². The number of carbonyl (C=O) groups excluding carboxylic acids is 3. The Bertz CT molecular complexity index is 748. The maximum absolute atomic E-state index is 12.5. The molecule has 2 heterocycles. The third-order valence-corrected chi connectivity index (χ3v) is 5.81. The van der Waals surface area contributed by atoms with Gasteiger partial charge in [0.1, 0.15) is 0 Å². The third kappa shape index (κ3) is 3.06. The SMILES string of the molecule is O=C(CCCN1C(=O)c2ccccc2C1=O)N1CCC2CCCC=C2C1. The van der Waals surface area contributed by atoms with E-state index < -0.39 is 0 Å². The summed E-state index contributed by atoms with van der Waals surface area (Å²) in [6, 6.07) is 6.90.